The minimum Gasteiger partial charge on any atom is -0.354 e. The zero-order valence-corrected chi connectivity index (χ0v) is 15.0. The van der Waals surface area contributed by atoms with E-state index in [0.717, 1.165) is 24.2 Å². The first-order valence-electron chi connectivity index (χ1n) is 8.52. The lowest BCUT2D eigenvalue weighted by Crippen LogP contribution is -2.14. The maximum atomic E-state index is 11.7. The molecule has 1 aromatic heterocycles. The van der Waals surface area contributed by atoms with Crippen LogP contribution in [0.15, 0.2) is 42.6 Å². The molecular formula is C20H27N3O. The molecule has 24 heavy (non-hydrogen) atoms. The van der Waals surface area contributed by atoms with Crippen molar-refractivity contribution in [1.82, 2.24) is 4.98 Å². The van der Waals surface area contributed by atoms with Gasteiger partial charge in [-0.15, -0.1) is 0 Å². The summed E-state index contributed by atoms with van der Waals surface area (Å²) in [7, 11) is 0. The maximum Gasteiger partial charge on any atom is 0.225 e. The number of anilines is 3. The molecule has 128 valence electrons. The van der Waals surface area contributed by atoms with Gasteiger partial charge in [-0.25, -0.2) is 4.98 Å². The van der Waals surface area contributed by atoms with E-state index in [1.165, 1.54) is 5.56 Å². The van der Waals surface area contributed by atoms with Crippen molar-refractivity contribution in [2.24, 2.45) is 0 Å². The molecule has 0 saturated carbocycles. The van der Waals surface area contributed by atoms with Gasteiger partial charge in [-0.2, -0.15) is 0 Å². The summed E-state index contributed by atoms with van der Waals surface area (Å²) in [5.74, 6) is 0.605. The van der Waals surface area contributed by atoms with Crippen LogP contribution in [0.4, 0.5) is 17.2 Å². The Labute approximate surface area is 144 Å². The molecule has 2 N–H and O–H groups in total. The number of benzene rings is 1. The van der Waals surface area contributed by atoms with Gasteiger partial charge in [-0.05, 0) is 35.6 Å². The van der Waals surface area contributed by atoms with Crippen LogP contribution in [0.25, 0.3) is 0 Å². The van der Waals surface area contributed by atoms with Gasteiger partial charge in [0.2, 0.25) is 5.91 Å². The number of nitrogens with zero attached hydrogens (tertiary/aromatic N) is 1. The van der Waals surface area contributed by atoms with Gasteiger partial charge < -0.3 is 10.6 Å². The molecule has 0 saturated heterocycles. The first-order valence-corrected chi connectivity index (χ1v) is 8.52. The summed E-state index contributed by atoms with van der Waals surface area (Å²) in [6.45, 7) is 8.66. The van der Waals surface area contributed by atoms with Gasteiger partial charge in [0.1, 0.15) is 5.82 Å². The lowest BCUT2D eigenvalue weighted by atomic mass is 9.86. The van der Waals surface area contributed by atoms with Crippen molar-refractivity contribution in [2.75, 3.05) is 10.6 Å². The first-order chi connectivity index (χ1) is 11.4. The van der Waals surface area contributed by atoms with E-state index in [4.69, 9.17) is 0 Å². The lowest BCUT2D eigenvalue weighted by molar-refractivity contribution is -0.116. The topological polar surface area (TPSA) is 54.0 Å². The summed E-state index contributed by atoms with van der Waals surface area (Å²) in [5, 5.41) is 6.24. The van der Waals surface area contributed by atoms with Gasteiger partial charge in [-0.3, -0.25) is 4.79 Å². The van der Waals surface area contributed by atoms with Crippen LogP contribution in [0.2, 0.25) is 0 Å². The van der Waals surface area contributed by atoms with Gasteiger partial charge in [0.15, 0.2) is 0 Å². The van der Waals surface area contributed by atoms with E-state index in [9.17, 15) is 4.79 Å². The molecule has 0 unspecified atom stereocenters. The second kappa shape index (κ2) is 7.95. The number of nitrogens with one attached hydrogen (secondary N) is 2. The molecule has 1 amide bonds. The Bertz CT molecular complexity index is 672. The van der Waals surface area contributed by atoms with Gasteiger partial charge in [0.05, 0.1) is 11.9 Å². The van der Waals surface area contributed by atoms with Crippen molar-refractivity contribution >= 4 is 23.1 Å². The molecule has 0 spiro atoms. The highest BCUT2D eigenvalue weighted by Crippen LogP contribution is 2.31. The van der Waals surface area contributed by atoms with Crippen molar-refractivity contribution < 1.29 is 4.79 Å². The summed E-state index contributed by atoms with van der Waals surface area (Å²) in [6, 6.07) is 12.0. The van der Waals surface area contributed by atoms with Crippen LogP contribution < -0.4 is 10.6 Å². The first kappa shape index (κ1) is 18.0. The van der Waals surface area contributed by atoms with Crippen LogP contribution >= 0.6 is 0 Å². The molecular weight excluding hydrogens is 298 g/mol. The number of para-hydroxylation sites is 1. The quantitative estimate of drug-likeness (QED) is 0.762. The van der Waals surface area contributed by atoms with E-state index in [1.54, 1.807) is 6.20 Å². The van der Waals surface area contributed by atoms with Crippen LogP contribution in [0, 0.1) is 0 Å². The zero-order chi connectivity index (χ0) is 17.6. The van der Waals surface area contributed by atoms with Gasteiger partial charge in [0, 0.05) is 12.1 Å². The number of hydrogen-bond donors (Lipinski definition) is 2. The van der Waals surface area contributed by atoms with E-state index < -0.39 is 0 Å². The molecule has 0 radical (unpaired) electrons. The van der Waals surface area contributed by atoms with Crippen molar-refractivity contribution in [1.29, 1.82) is 0 Å². The second-order valence-electron chi connectivity index (χ2n) is 7.00. The Morgan fingerprint density at radius 1 is 1.12 bits per heavy atom. The minimum absolute atomic E-state index is 0.0168. The summed E-state index contributed by atoms with van der Waals surface area (Å²) in [5.41, 5.74) is 3.29. The molecule has 0 atom stereocenters. The van der Waals surface area contributed by atoms with Crippen molar-refractivity contribution in [3.05, 3.63) is 48.2 Å². The molecule has 0 aliphatic carbocycles. The fourth-order valence-corrected chi connectivity index (χ4v) is 2.49. The number of carbonyl (C=O) groups is 1. The number of carbonyl (C=O) groups excluding carboxylic acids is 1. The molecule has 0 aliphatic heterocycles. The van der Waals surface area contributed by atoms with Gasteiger partial charge in [0.25, 0.3) is 0 Å². The fourth-order valence-electron chi connectivity index (χ4n) is 2.49. The van der Waals surface area contributed by atoms with E-state index in [0.29, 0.717) is 12.2 Å². The maximum absolute atomic E-state index is 11.7. The van der Waals surface area contributed by atoms with E-state index in [-0.39, 0.29) is 11.3 Å². The highest BCUT2D eigenvalue weighted by atomic mass is 16.1. The highest BCUT2D eigenvalue weighted by molar-refractivity contribution is 5.89. The number of aromatic nitrogens is 1. The lowest BCUT2D eigenvalue weighted by Gasteiger charge is -2.23. The third-order valence-corrected chi connectivity index (χ3v) is 3.80. The van der Waals surface area contributed by atoms with E-state index >= 15 is 0 Å². The molecule has 2 rings (SSSR count). The molecule has 0 fully saturated rings. The van der Waals surface area contributed by atoms with Crippen molar-refractivity contribution in [3.63, 3.8) is 0 Å². The Morgan fingerprint density at radius 2 is 1.88 bits per heavy atom. The largest absolute Gasteiger partial charge is 0.354 e. The average molecular weight is 325 g/mol. The zero-order valence-electron chi connectivity index (χ0n) is 15.0. The number of hydrogen-bond acceptors (Lipinski definition) is 3. The smallest absolute Gasteiger partial charge is 0.225 e. The van der Waals surface area contributed by atoms with Gasteiger partial charge >= 0.3 is 0 Å². The number of pyridine rings is 1. The minimum atomic E-state index is 0.0168. The Hall–Kier alpha value is -2.36. The number of amides is 1. The van der Waals surface area contributed by atoms with Crippen molar-refractivity contribution in [2.45, 2.75) is 52.4 Å². The van der Waals surface area contributed by atoms with Gasteiger partial charge in [-0.1, -0.05) is 52.3 Å². The van der Waals surface area contributed by atoms with Crippen LogP contribution in [-0.2, 0) is 10.2 Å². The molecule has 4 nitrogen and oxygen atoms in total. The molecule has 1 heterocycles. The summed E-state index contributed by atoms with van der Waals surface area (Å²) in [6.07, 6.45) is 4.19. The summed E-state index contributed by atoms with van der Waals surface area (Å²) in [4.78, 5) is 16.1. The molecule has 4 heteroatoms. The second-order valence-corrected chi connectivity index (χ2v) is 7.00. The molecule has 0 bridgehead atoms. The monoisotopic (exact) mass is 325 g/mol. The SMILES string of the molecule is CCCCC(=O)Nc1ccc(Nc2ccccc2C(C)(C)C)cn1. The predicted octanol–water partition coefficient (Wildman–Crippen LogP) is 5.25. The third kappa shape index (κ3) is 5.08. The summed E-state index contributed by atoms with van der Waals surface area (Å²) >= 11 is 0. The molecule has 2 aromatic rings. The third-order valence-electron chi connectivity index (χ3n) is 3.80. The van der Waals surface area contributed by atoms with Crippen molar-refractivity contribution in [3.8, 4) is 0 Å². The Kier molecular flexibility index (Phi) is 5.96. The Balaban J connectivity index is 2.06. The fraction of sp³-hybridized carbons (Fsp3) is 0.400. The molecule has 1 aromatic carbocycles. The highest BCUT2D eigenvalue weighted by Gasteiger charge is 2.17. The predicted molar refractivity (Wildman–Crippen MR) is 101 cm³/mol. The molecule has 0 aliphatic rings. The summed E-state index contributed by atoms with van der Waals surface area (Å²) < 4.78 is 0. The number of unbranched alkanes of at least 4 members (excludes halogenated alkanes) is 1. The average Bonchev–Trinajstić information content (AvgIpc) is 2.54. The van der Waals surface area contributed by atoms with Crippen LogP contribution in [0.3, 0.4) is 0 Å². The standard InChI is InChI=1S/C20H27N3O/c1-5-6-11-19(24)23-18-13-12-15(14-21-18)22-17-10-8-7-9-16(17)20(2,3)4/h7-10,12-14,22H,5-6,11H2,1-4H3,(H,21,23,24). The van der Waals surface area contributed by atoms with Crippen LogP contribution in [-0.4, -0.2) is 10.9 Å². The normalized spacial score (nSPS) is 11.2. The van der Waals surface area contributed by atoms with E-state index in [1.807, 2.05) is 18.2 Å². The van der Waals surface area contributed by atoms with Crippen LogP contribution in [0.1, 0.15) is 52.5 Å². The van der Waals surface area contributed by atoms with E-state index in [2.05, 4.69) is 61.5 Å². The number of rotatable bonds is 6. The van der Waals surface area contributed by atoms with Crippen LogP contribution in [0.5, 0.6) is 0 Å². The Morgan fingerprint density at radius 3 is 2.50 bits per heavy atom.